The molecule has 0 unspecified atom stereocenters. The van der Waals surface area contributed by atoms with Gasteiger partial charge in [-0.3, -0.25) is 9.59 Å². The molecule has 94 valence electrons. The van der Waals surface area contributed by atoms with Crippen LogP contribution in [-0.4, -0.2) is 26.2 Å². The number of methoxy groups -OCH3 is 2. The minimum absolute atomic E-state index is 0.161. The third-order valence-corrected chi connectivity index (χ3v) is 2.78. The van der Waals surface area contributed by atoms with E-state index in [0.29, 0.717) is 18.8 Å². The molecule has 0 rings (SSSR count). The maximum absolute atomic E-state index is 11.0. The third kappa shape index (κ3) is 7.26. The van der Waals surface area contributed by atoms with Gasteiger partial charge in [0.2, 0.25) is 0 Å². The molecule has 0 heterocycles. The van der Waals surface area contributed by atoms with E-state index in [2.05, 4.69) is 16.4 Å². The van der Waals surface area contributed by atoms with Crippen molar-refractivity contribution in [2.75, 3.05) is 14.2 Å². The maximum Gasteiger partial charge on any atom is 0.305 e. The summed E-state index contributed by atoms with van der Waals surface area (Å²) in [5.74, 6) is 0.165. The number of hydrogen-bond donors (Lipinski definition) is 0. The number of rotatable bonds is 8. The van der Waals surface area contributed by atoms with Crippen molar-refractivity contribution in [1.82, 2.24) is 0 Å². The minimum Gasteiger partial charge on any atom is -0.469 e. The first-order valence-electron chi connectivity index (χ1n) is 5.77. The number of ether oxygens (including phenoxy) is 2. The number of hydrogen-bond acceptors (Lipinski definition) is 4. The van der Waals surface area contributed by atoms with Crippen LogP contribution in [0, 0.1) is 5.92 Å². The van der Waals surface area contributed by atoms with Crippen molar-refractivity contribution >= 4 is 11.9 Å². The molecule has 0 aliphatic rings. The average molecular weight is 230 g/mol. The van der Waals surface area contributed by atoms with Gasteiger partial charge in [0.25, 0.3) is 0 Å². The lowest BCUT2D eigenvalue weighted by Gasteiger charge is -2.13. The normalized spacial score (nSPS) is 11.9. The van der Waals surface area contributed by atoms with Crippen molar-refractivity contribution in [3.05, 3.63) is 0 Å². The van der Waals surface area contributed by atoms with Crippen LogP contribution < -0.4 is 0 Å². The Morgan fingerprint density at radius 1 is 1.00 bits per heavy atom. The molecule has 0 radical (unpaired) electrons. The van der Waals surface area contributed by atoms with E-state index >= 15 is 0 Å². The highest BCUT2D eigenvalue weighted by atomic mass is 16.5. The molecule has 0 N–H and O–H groups in total. The molecule has 0 saturated carbocycles. The lowest BCUT2D eigenvalue weighted by molar-refractivity contribution is -0.142. The van der Waals surface area contributed by atoms with E-state index < -0.39 is 0 Å². The van der Waals surface area contributed by atoms with E-state index in [9.17, 15) is 9.59 Å². The highest BCUT2D eigenvalue weighted by Crippen LogP contribution is 2.18. The lowest BCUT2D eigenvalue weighted by atomic mass is 9.94. The number of esters is 2. The standard InChI is InChI=1S/C12H22O4/c1-4-10(8-9-12(14)16-3)6-5-7-11(13)15-2/h10H,4-9H2,1-3H3/t10-/m0/s1. The number of carbonyl (C=O) groups excluding carboxylic acids is 2. The van der Waals surface area contributed by atoms with Crippen LogP contribution in [0.4, 0.5) is 0 Å². The first kappa shape index (κ1) is 14.9. The second-order valence-corrected chi connectivity index (χ2v) is 3.86. The van der Waals surface area contributed by atoms with Crippen molar-refractivity contribution in [2.24, 2.45) is 5.92 Å². The summed E-state index contributed by atoms with van der Waals surface area (Å²) in [6.07, 6.45) is 4.58. The van der Waals surface area contributed by atoms with E-state index in [1.807, 2.05) is 0 Å². The molecule has 0 aromatic heterocycles. The second-order valence-electron chi connectivity index (χ2n) is 3.86. The maximum atomic E-state index is 11.0. The Kier molecular flexibility index (Phi) is 8.58. The second kappa shape index (κ2) is 9.19. The van der Waals surface area contributed by atoms with Crippen molar-refractivity contribution in [1.29, 1.82) is 0 Å². The molecule has 0 bridgehead atoms. The van der Waals surface area contributed by atoms with Crippen molar-refractivity contribution in [3.63, 3.8) is 0 Å². The van der Waals surface area contributed by atoms with Crippen LogP contribution in [0.25, 0.3) is 0 Å². The molecule has 0 aromatic rings. The summed E-state index contributed by atoms with van der Waals surface area (Å²) in [4.78, 5) is 21.9. The summed E-state index contributed by atoms with van der Waals surface area (Å²) < 4.78 is 9.16. The Morgan fingerprint density at radius 2 is 1.56 bits per heavy atom. The monoisotopic (exact) mass is 230 g/mol. The Balaban J connectivity index is 3.66. The van der Waals surface area contributed by atoms with Crippen molar-refractivity contribution in [3.8, 4) is 0 Å². The Hall–Kier alpha value is -1.06. The van der Waals surface area contributed by atoms with Crippen LogP contribution in [0.2, 0.25) is 0 Å². The first-order chi connectivity index (χ1) is 7.63. The third-order valence-electron chi connectivity index (χ3n) is 2.78. The molecule has 0 saturated heterocycles. The summed E-state index contributed by atoms with van der Waals surface area (Å²) in [7, 11) is 2.80. The fourth-order valence-electron chi connectivity index (χ4n) is 1.61. The highest BCUT2D eigenvalue weighted by molar-refractivity contribution is 5.69. The largest absolute Gasteiger partial charge is 0.469 e. The lowest BCUT2D eigenvalue weighted by Crippen LogP contribution is -2.07. The molecule has 0 amide bonds. The van der Waals surface area contributed by atoms with Gasteiger partial charge in [0, 0.05) is 12.8 Å². The van der Waals surface area contributed by atoms with Gasteiger partial charge in [-0.25, -0.2) is 0 Å². The quantitative estimate of drug-likeness (QED) is 0.600. The zero-order valence-electron chi connectivity index (χ0n) is 10.5. The molecule has 1 atom stereocenters. The summed E-state index contributed by atoms with van der Waals surface area (Å²) >= 11 is 0. The topological polar surface area (TPSA) is 52.6 Å². The Labute approximate surface area is 97.3 Å². The van der Waals surface area contributed by atoms with Gasteiger partial charge in [-0.1, -0.05) is 13.3 Å². The molecule has 0 fully saturated rings. The van der Waals surface area contributed by atoms with E-state index in [4.69, 9.17) is 0 Å². The molecule has 4 heteroatoms. The molecule has 0 aromatic carbocycles. The predicted octanol–water partition coefficient (Wildman–Crippen LogP) is 2.31. The fourth-order valence-corrected chi connectivity index (χ4v) is 1.61. The zero-order chi connectivity index (χ0) is 12.4. The van der Waals surface area contributed by atoms with Gasteiger partial charge in [-0.2, -0.15) is 0 Å². The van der Waals surface area contributed by atoms with Gasteiger partial charge in [-0.15, -0.1) is 0 Å². The summed E-state index contributed by atoms with van der Waals surface area (Å²) in [5.41, 5.74) is 0. The Morgan fingerprint density at radius 3 is 2.06 bits per heavy atom. The van der Waals surface area contributed by atoms with Gasteiger partial charge >= 0.3 is 11.9 Å². The SMILES string of the molecule is CC[C@@H](CCCC(=O)OC)CCC(=O)OC. The molecule has 0 aliphatic heterocycles. The van der Waals surface area contributed by atoms with E-state index in [1.54, 1.807) is 0 Å². The smallest absolute Gasteiger partial charge is 0.305 e. The Bertz CT molecular complexity index is 213. The number of carbonyl (C=O) groups is 2. The van der Waals surface area contributed by atoms with Crippen molar-refractivity contribution in [2.45, 2.75) is 45.4 Å². The fraction of sp³-hybridized carbons (Fsp3) is 0.833. The van der Waals surface area contributed by atoms with Gasteiger partial charge in [0.1, 0.15) is 0 Å². The molecular weight excluding hydrogens is 208 g/mol. The van der Waals surface area contributed by atoms with Gasteiger partial charge in [0.05, 0.1) is 14.2 Å². The summed E-state index contributed by atoms with van der Waals surface area (Å²) in [6, 6.07) is 0. The van der Waals surface area contributed by atoms with E-state index in [-0.39, 0.29) is 11.9 Å². The highest BCUT2D eigenvalue weighted by Gasteiger charge is 2.10. The summed E-state index contributed by atoms with van der Waals surface area (Å²) in [6.45, 7) is 2.10. The molecule has 0 spiro atoms. The van der Waals surface area contributed by atoms with Crippen molar-refractivity contribution < 1.29 is 19.1 Å². The minimum atomic E-state index is -0.164. The average Bonchev–Trinajstić information content (AvgIpc) is 2.32. The van der Waals surface area contributed by atoms with E-state index in [0.717, 1.165) is 25.7 Å². The zero-order valence-corrected chi connectivity index (χ0v) is 10.5. The van der Waals surface area contributed by atoms with Gasteiger partial charge < -0.3 is 9.47 Å². The van der Waals surface area contributed by atoms with Gasteiger partial charge in [-0.05, 0) is 25.2 Å². The molecule has 0 aliphatic carbocycles. The first-order valence-corrected chi connectivity index (χ1v) is 5.77. The van der Waals surface area contributed by atoms with Crippen LogP contribution in [0.1, 0.15) is 45.4 Å². The van der Waals surface area contributed by atoms with Crippen LogP contribution in [-0.2, 0) is 19.1 Å². The van der Waals surface area contributed by atoms with Gasteiger partial charge in [0.15, 0.2) is 0 Å². The van der Waals surface area contributed by atoms with Crippen LogP contribution in [0.5, 0.6) is 0 Å². The predicted molar refractivity (Wildman–Crippen MR) is 60.9 cm³/mol. The van der Waals surface area contributed by atoms with Crippen LogP contribution in [0.15, 0.2) is 0 Å². The molecule has 4 nitrogen and oxygen atoms in total. The van der Waals surface area contributed by atoms with Crippen LogP contribution >= 0.6 is 0 Å². The summed E-state index contributed by atoms with van der Waals surface area (Å²) in [5, 5.41) is 0. The molecular formula is C12H22O4. The molecule has 16 heavy (non-hydrogen) atoms. The van der Waals surface area contributed by atoms with Crippen LogP contribution in [0.3, 0.4) is 0 Å². The van der Waals surface area contributed by atoms with E-state index in [1.165, 1.54) is 14.2 Å².